The van der Waals surface area contributed by atoms with E-state index in [-0.39, 0.29) is 5.54 Å². The minimum atomic E-state index is 0.227. The fourth-order valence-corrected chi connectivity index (χ4v) is 6.80. The molecule has 0 N–H and O–H groups in total. The number of aryl methyl sites for hydroxylation is 2. The number of rotatable bonds is 1. The van der Waals surface area contributed by atoms with Crippen LogP contribution in [0.4, 0.5) is 5.69 Å². The fourth-order valence-electron chi connectivity index (χ4n) is 5.23. The van der Waals surface area contributed by atoms with Crippen molar-refractivity contribution in [3.8, 4) is 0 Å². The Balaban J connectivity index is 1.80. The van der Waals surface area contributed by atoms with Crippen molar-refractivity contribution < 1.29 is 0 Å². The van der Waals surface area contributed by atoms with Gasteiger partial charge in [0, 0.05) is 29.4 Å². The number of thiophene rings is 1. The van der Waals surface area contributed by atoms with Gasteiger partial charge in [0.2, 0.25) is 0 Å². The number of para-hydroxylation sites is 1. The van der Waals surface area contributed by atoms with Gasteiger partial charge in [0.15, 0.2) is 0 Å². The van der Waals surface area contributed by atoms with Crippen LogP contribution in [0, 0.1) is 6.92 Å². The van der Waals surface area contributed by atoms with Gasteiger partial charge in [-0.1, -0.05) is 31.0 Å². The molecule has 2 aromatic heterocycles. The molecular formula is C21H24N2S. The summed E-state index contributed by atoms with van der Waals surface area (Å²) in [6.45, 7) is 4.67. The lowest BCUT2D eigenvalue weighted by molar-refractivity contribution is 0.421. The highest BCUT2D eigenvalue weighted by molar-refractivity contribution is 7.19. The van der Waals surface area contributed by atoms with Crippen molar-refractivity contribution in [2.45, 2.75) is 51.1 Å². The van der Waals surface area contributed by atoms with Crippen molar-refractivity contribution in [2.24, 2.45) is 7.05 Å². The number of nitrogens with zero attached hydrogens (tertiary/aromatic N) is 2. The molecule has 0 saturated heterocycles. The Kier molecular flexibility index (Phi) is 2.97. The molecule has 1 fully saturated rings. The minimum absolute atomic E-state index is 0.227. The Morgan fingerprint density at radius 2 is 1.88 bits per heavy atom. The van der Waals surface area contributed by atoms with Gasteiger partial charge in [0.05, 0.1) is 21.8 Å². The molecule has 3 heterocycles. The first-order valence-corrected chi connectivity index (χ1v) is 9.88. The summed E-state index contributed by atoms with van der Waals surface area (Å²) in [6.07, 6.45) is 7.51. The maximum absolute atomic E-state index is 2.77. The molecule has 1 aliphatic carbocycles. The topological polar surface area (TPSA) is 8.17 Å². The molecule has 0 radical (unpaired) electrons. The number of hydrogen-bond donors (Lipinski definition) is 0. The summed E-state index contributed by atoms with van der Waals surface area (Å²) in [7, 11) is 2.19. The van der Waals surface area contributed by atoms with Gasteiger partial charge in [-0.3, -0.25) is 0 Å². The van der Waals surface area contributed by atoms with E-state index < -0.39 is 0 Å². The Bertz CT molecular complexity index is 927. The van der Waals surface area contributed by atoms with Crippen LogP contribution in [-0.2, 0) is 12.6 Å². The highest BCUT2D eigenvalue weighted by Crippen LogP contribution is 2.60. The molecule has 2 nitrogen and oxygen atoms in total. The van der Waals surface area contributed by atoms with Gasteiger partial charge in [-0.25, -0.2) is 0 Å². The van der Waals surface area contributed by atoms with Crippen LogP contribution in [0.15, 0.2) is 36.5 Å². The number of anilines is 1. The van der Waals surface area contributed by atoms with Crippen molar-refractivity contribution in [3.05, 3.63) is 52.5 Å². The van der Waals surface area contributed by atoms with E-state index in [1.54, 1.807) is 10.4 Å². The second-order valence-electron chi connectivity index (χ2n) is 7.56. The predicted molar refractivity (Wildman–Crippen MR) is 103 cm³/mol. The number of fused-ring (bicyclic) bond motifs is 4. The van der Waals surface area contributed by atoms with E-state index in [1.807, 2.05) is 11.3 Å². The third kappa shape index (κ3) is 1.66. The Morgan fingerprint density at radius 3 is 2.62 bits per heavy atom. The molecule has 0 amide bonds. The molecular weight excluding hydrogens is 312 g/mol. The smallest absolute Gasteiger partial charge is 0.0756 e. The first-order chi connectivity index (χ1) is 11.6. The largest absolute Gasteiger partial charge is 0.354 e. The van der Waals surface area contributed by atoms with Crippen LogP contribution >= 0.6 is 11.3 Å². The Hall–Kier alpha value is -1.74. The summed E-state index contributed by atoms with van der Waals surface area (Å²) in [5, 5.41) is 0. The number of aromatic nitrogens is 1. The average Bonchev–Trinajstić information content (AvgIpc) is 3.29. The summed E-state index contributed by atoms with van der Waals surface area (Å²) in [5.41, 5.74) is 6.11. The van der Waals surface area contributed by atoms with Crippen LogP contribution < -0.4 is 4.90 Å². The van der Waals surface area contributed by atoms with E-state index in [2.05, 4.69) is 66.9 Å². The van der Waals surface area contributed by atoms with Gasteiger partial charge in [-0.2, -0.15) is 0 Å². The molecule has 124 valence electrons. The average molecular weight is 337 g/mol. The van der Waals surface area contributed by atoms with E-state index in [9.17, 15) is 0 Å². The Morgan fingerprint density at radius 1 is 1.12 bits per heavy atom. The maximum Gasteiger partial charge on any atom is 0.0756 e. The lowest BCUT2D eigenvalue weighted by Gasteiger charge is -2.41. The molecule has 5 rings (SSSR count). The highest BCUT2D eigenvalue weighted by Gasteiger charge is 2.52. The summed E-state index contributed by atoms with van der Waals surface area (Å²) in [5.74, 6) is 0. The van der Waals surface area contributed by atoms with E-state index >= 15 is 0 Å². The lowest BCUT2D eigenvalue weighted by atomic mass is 9.94. The van der Waals surface area contributed by atoms with Crippen molar-refractivity contribution in [2.75, 3.05) is 4.90 Å². The zero-order valence-electron chi connectivity index (χ0n) is 14.7. The van der Waals surface area contributed by atoms with E-state index in [0.717, 1.165) is 0 Å². The van der Waals surface area contributed by atoms with E-state index in [4.69, 9.17) is 0 Å². The minimum Gasteiger partial charge on any atom is -0.354 e. The monoisotopic (exact) mass is 336 g/mol. The molecule has 0 bridgehead atoms. The second kappa shape index (κ2) is 4.89. The van der Waals surface area contributed by atoms with Gasteiger partial charge in [0.25, 0.3) is 0 Å². The molecule has 1 aliphatic heterocycles. The molecule has 2 aliphatic rings. The van der Waals surface area contributed by atoms with Crippen LogP contribution in [0.3, 0.4) is 0 Å². The molecule has 3 aromatic rings. The second-order valence-corrected chi connectivity index (χ2v) is 8.61. The van der Waals surface area contributed by atoms with Crippen LogP contribution in [0.25, 0.3) is 10.2 Å². The molecule has 1 spiro atoms. The Labute approximate surface area is 147 Å². The third-order valence-corrected chi connectivity index (χ3v) is 7.60. The predicted octanol–water partition coefficient (Wildman–Crippen LogP) is 5.90. The van der Waals surface area contributed by atoms with Crippen LogP contribution in [0.1, 0.15) is 54.7 Å². The van der Waals surface area contributed by atoms with Gasteiger partial charge in [0.1, 0.15) is 0 Å². The van der Waals surface area contributed by atoms with Crippen molar-refractivity contribution in [1.82, 2.24) is 4.57 Å². The zero-order chi connectivity index (χ0) is 16.5. The van der Waals surface area contributed by atoms with Gasteiger partial charge >= 0.3 is 0 Å². The molecule has 0 unspecified atom stereocenters. The van der Waals surface area contributed by atoms with Crippen LogP contribution in [0.5, 0.6) is 0 Å². The van der Waals surface area contributed by atoms with Crippen molar-refractivity contribution >= 4 is 27.2 Å². The van der Waals surface area contributed by atoms with E-state index in [0.29, 0.717) is 6.04 Å². The van der Waals surface area contributed by atoms with Crippen LogP contribution in [-0.4, -0.2) is 4.57 Å². The number of hydrogen-bond acceptors (Lipinski definition) is 2. The van der Waals surface area contributed by atoms with Gasteiger partial charge in [-0.15, -0.1) is 11.3 Å². The molecule has 3 heteroatoms. The first kappa shape index (κ1) is 14.6. The summed E-state index contributed by atoms with van der Waals surface area (Å²) < 4.78 is 3.79. The molecule has 24 heavy (non-hydrogen) atoms. The van der Waals surface area contributed by atoms with E-state index in [1.165, 1.54) is 47.2 Å². The SMILES string of the molecule is Cc1ccccc1N1[C@@H](C)c2c(sc3ccn(C)c23)C12CCCC2. The number of benzene rings is 1. The lowest BCUT2D eigenvalue weighted by Crippen LogP contribution is -2.40. The molecule has 1 atom stereocenters. The summed E-state index contributed by atoms with van der Waals surface area (Å²) in [6, 6.07) is 11.7. The molecule has 1 aromatic carbocycles. The first-order valence-electron chi connectivity index (χ1n) is 9.07. The van der Waals surface area contributed by atoms with Crippen molar-refractivity contribution in [3.63, 3.8) is 0 Å². The zero-order valence-corrected chi connectivity index (χ0v) is 15.5. The normalized spacial score (nSPS) is 22.0. The fraction of sp³-hybridized carbons (Fsp3) is 0.429. The maximum atomic E-state index is 2.77. The third-order valence-electron chi connectivity index (χ3n) is 6.24. The highest BCUT2D eigenvalue weighted by atomic mass is 32.1. The summed E-state index contributed by atoms with van der Waals surface area (Å²) >= 11 is 2.05. The van der Waals surface area contributed by atoms with Crippen LogP contribution in [0.2, 0.25) is 0 Å². The van der Waals surface area contributed by atoms with Crippen molar-refractivity contribution in [1.29, 1.82) is 0 Å². The van der Waals surface area contributed by atoms with Gasteiger partial charge < -0.3 is 9.47 Å². The quantitative estimate of drug-likeness (QED) is 0.537. The molecule has 1 saturated carbocycles. The van der Waals surface area contributed by atoms with Gasteiger partial charge in [-0.05, 0) is 44.4 Å². The standard InChI is InChI=1S/C21H24N2S/c1-14-8-4-5-9-16(14)23-15(2)18-19-17(10-13-22(19)3)24-20(18)21(23)11-6-7-12-21/h4-5,8-10,13,15H,6-7,11-12H2,1-3H3/t15-/m0/s1. The summed E-state index contributed by atoms with van der Waals surface area (Å²) in [4.78, 5) is 4.42.